The number of thioether (sulfide) groups is 1. The maximum atomic E-state index is 12.3. The van der Waals surface area contributed by atoms with Crippen molar-refractivity contribution in [1.29, 1.82) is 0 Å². The molecular weight excluding hydrogens is 416 g/mol. The largest absolute Gasteiger partial charge is 0.377 e. The number of carbonyl (C=O) groups is 2. The van der Waals surface area contributed by atoms with Crippen LogP contribution in [0.25, 0.3) is 11.1 Å². The number of carbonyl (C=O) groups excluding carboxylic acids is 2. The second-order valence-corrected chi connectivity index (χ2v) is 11.9. The van der Waals surface area contributed by atoms with Gasteiger partial charge in [-0.05, 0) is 77.0 Å². The highest BCUT2D eigenvalue weighted by Crippen LogP contribution is 2.49. The van der Waals surface area contributed by atoms with Crippen molar-refractivity contribution >= 4 is 28.6 Å². The third kappa shape index (κ3) is 3.96. The van der Waals surface area contributed by atoms with Gasteiger partial charge in [-0.15, -0.1) is 0 Å². The molecule has 1 atom stereocenters. The Bertz CT molecular complexity index is 1100. The first kappa shape index (κ1) is 22.9. The van der Waals surface area contributed by atoms with Crippen molar-refractivity contribution < 1.29 is 9.59 Å². The summed E-state index contributed by atoms with van der Waals surface area (Å²) in [5, 5.41) is 1.80. The van der Waals surface area contributed by atoms with Gasteiger partial charge in [-0.2, -0.15) is 0 Å². The number of nitrogens with one attached hydrogen (secondary N) is 1. The van der Waals surface area contributed by atoms with Gasteiger partial charge in [0.05, 0.1) is 5.25 Å². The van der Waals surface area contributed by atoms with Crippen LogP contribution >= 0.6 is 11.8 Å². The number of hydrogen-bond acceptors (Lipinski definition) is 4. The quantitative estimate of drug-likeness (QED) is 0.623. The van der Waals surface area contributed by atoms with E-state index >= 15 is 0 Å². The van der Waals surface area contributed by atoms with Crippen molar-refractivity contribution in [1.82, 2.24) is 5.32 Å². The minimum Gasteiger partial charge on any atom is -0.377 e. The lowest BCUT2D eigenvalue weighted by Gasteiger charge is -2.42. The van der Waals surface area contributed by atoms with Crippen LogP contribution in [0.4, 0.5) is 10.5 Å². The summed E-state index contributed by atoms with van der Waals surface area (Å²) in [5.41, 5.74) is 9.05. The zero-order valence-corrected chi connectivity index (χ0v) is 21.1. The fourth-order valence-electron chi connectivity index (χ4n) is 5.16. The number of benzene rings is 2. The molecule has 1 aliphatic heterocycles. The number of anilines is 1. The Labute approximate surface area is 196 Å². The molecule has 1 saturated heterocycles. The van der Waals surface area contributed by atoms with Crippen LogP contribution in [0.1, 0.15) is 62.8 Å². The number of amides is 2. The molecule has 32 heavy (non-hydrogen) atoms. The molecule has 0 spiro atoms. The van der Waals surface area contributed by atoms with Gasteiger partial charge in [0.2, 0.25) is 5.91 Å². The van der Waals surface area contributed by atoms with E-state index in [1.54, 1.807) is 0 Å². The highest BCUT2D eigenvalue weighted by atomic mass is 32.2. The summed E-state index contributed by atoms with van der Waals surface area (Å²) >= 11 is 1.10. The van der Waals surface area contributed by atoms with E-state index in [0.717, 1.165) is 23.0 Å². The lowest BCUT2D eigenvalue weighted by Crippen LogP contribution is -2.34. The van der Waals surface area contributed by atoms with Crippen LogP contribution in [-0.4, -0.2) is 30.5 Å². The average Bonchev–Trinajstić information content (AvgIpc) is 3.02. The topological polar surface area (TPSA) is 49.4 Å². The highest BCUT2D eigenvalue weighted by molar-refractivity contribution is 8.15. The Balaban J connectivity index is 1.91. The van der Waals surface area contributed by atoms with Gasteiger partial charge in [0, 0.05) is 25.3 Å². The third-order valence-electron chi connectivity index (χ3n) is 7.25. The standard InChI is InChI=1S/C27H34N2O2S/c1-16-13-19-20(27(4,5)12-11-26(19,2)3)15-18(16)23-17(9-8-10-21(23)29(6)7)14-22-24(30)28-25(31)32-22/h8-10,13,15,22H,11-12,14H2,1-7H3,(H,28,30,31). The summed E-state index contributed by atoms with van der Waals surface area (Å²) < 4.78 is 0. The van der Waals surface area contributed by atoms with Crippen molar-refractivity contribution in [3.63, 3.8) is 0 Å². The van der Waals surface area contributed by atoms with Crippen molar-refractivity contribution in [3.05, 3.63) is 52.6 Å². The van der Waals surface area contributed by atoms with Gasteiger partial charge < -0.3 is 4.90 Å². The molecule has 2 amide bonds. The van der Waals surface area contributed by atoms with Crippen LogP contribution in [0, 0.1) is 6.92 Å². The van der Waals surface area contributed by atoms with E-state index in [-0.39, 0.29) is 27.2 Å². The predicted octanol–water partition coefficient (Wildman–Crippen LogP) is 5.97. The van der Waals surface area contributed by atoms with E-state index in [0.29, 0.717) is 6.42 Å². The van der Waals surface area contributed by atoms with Gasteiger partial charge in [-0.1, -0.05) is 57.7 Å². The SMILES string of the molecule is Cc1cc2c(cc1-c1c(CC3SC(=O)NC3=O)cccc1N(C)C)C(C)(C)CCC2(C)C. The highest BCUT2D eigenvalue weighted by Gasteiger charge is 2.38. The van der Waals surface area contributed by atoms with Gasteiger partial charge in [-0.25, -0.2) is 0 Å². The summed E-state index contributed by atoms with van der Waals surface area (Å²) in [5.74, 6) is -0.189. The Kier molecular flexibility index (Phi) is 5.69. The number of hydrogen-bond donors (Lipinski definition) is 1. The van der Waals surface area contributed by atoms with Gasteiger partial charge in [0.15, 0.2) is 0 Å². The number of rotatable bonds is 4. The normalized spacial score (nSPS) is 21.3. The van der Waals surface area contributed by atoms with Gasteiger partial charge in [0.1, 0.15) is 0 Å². The molecule has 4 rings (SSSR count). The van der Waals surface area contributed by atoms with Crippen molar-refractivity contribution in [2.24, 2.45) is 0 Å². The molecule has 2 aromatic rings. The zero-order chi connectivity index (χ0) is 23.4. The van der Waals surface area contributed by atoms with Gasteiger partial charge in [-0.3, -0.25) is 14.9 Å². The first-order valence-corrected chi connectivity index (χ1v) is 12.3. The van der Waals surface area contributed by atoms with E-state index in [2.05, 4.69) is 83.2 Å². The van der Waals surface area contributed by atoms with Crippen LogP contribution in [-0.2, 0) is 22.0 Å². The van der Waals surface area contributed by atoms with Gasteiger partial charge >= 0.3 is 0 Å². The molecule has 2 aromatic carbocycles. The summed E-state index contributed by atoms with van der Waals surface area (Å²) in [6.07, 6.45) is 2.89. The van der Waals surface area contributed by atoms with Crippen LogP contribution in [0.15, 0.2) is 30.3 Å². The Morgan fingerprint density at radius 3 is 2.22 bits per heavy atom. The molecule has 0 aromatic heterocycles. The minimum absolute atomic E-state index is 0.119. The molecule has 1 unspecified atom stereocenters. The Morgan fingerprint density at radius 2 is 1.66 bits per heavy atom. The predicted molar refractivity (Wildman–Crippen MR) is 135 cm³/mol. The molecule has 1 fully saturated rings. The third-order valence-corrected chi connectivity index (χ3v) is 8.23. The maximum Gasteiger partial charge on any atom is 0.286 e. The second kappa shape index (κ2) is 7.95. The fourth-order valence-corrected chi connectivity index (χ4v) is 6.01. The van der Waals surface area contributed by atoms with E-state index < -0.39 is 0 Å². The summed E-state index contributed by atoms with van der Waals surface area (Å²) in [7, 11) is 4.12. The monoisotopic (exact) mass is 450 g/mol. The lowest BCUT2D eigenvalue weighted by atomic mass is 9.62. The molecule has 0 bridgehead atoms. The number of imide groups is 1. The summed E-state index contributed by atoms with van der Waals surface area (Å²) in [6.45, 7) is 11.6. The van der Waals surface area contributed by atoms with E-state index in [4.69, 9.17) is 0 Å². The first-order chi connectivity index (χ1) is 14.9. The van der Waals surface area contributed by atoms with Crippen LogP contribution in [0.3, 0.4) is 0 Å². The van der Waals surface area contributed by atoms with Crippen LogP contribution in [0.5, 0.6) is 0 Å². The van der Waals surface area contributed by atoms with Crippen molar-refractivity contribution in [2.75, 3.05) is 19.0 Å². The van der Waals surface area contributed by atoms with Crippen molar-refractivity contribution in [3.8, 4) is 11.1 Å². The molecule has 170 valence electrons. The van der Waals surface area contributed by atoms with Gasteiger partial charge in [0.25, 0.3) is 5.24 Å². The van der Waals surface area contributed by atoms with E-state index in [1.807, 2.05) is 6.07 Å². The smallest absolute Gasteiger partial charge is 0.286 e. The second-order valence-electron chi connectivity index (χ2n) is 10.8. The maximum absolute atomic E-state index is 12.3. The fraction of sp³-hybridized carbons (Fsp3) is 0.481. The summed E-state index contributed by atoms with van der Waals surface area (Å²) in [6, 6.07) is 11.1. The number of nitrogens with zero attached hydrogens (tertiary/aromatic N) is 1. The molecule has 0 saturated carbocycles. The number of aryl methyl sites for hydroxylation is 1. The van der Waals surface area contributed by atoms with E-state index in [1.165, 1.54) is 40.7 Å². The minimum atomic E-state index is -0.382. The van der Waals surface area contributed by atoms with Crippen LogP contribution in [0.2, 0.25) is 0 Å². The molecule has 0 radical (unpaired) electrons. The number of fused-ring (bicyclic) bond motifs is 1. The lowest BCUT2D eigenvalue weighted by molar-refractivity contribution is -0.118. The molecular formula is C27H34N2O2S. The molecule has 5 heteroatoms. The molecule has 4 nitrogen and oxygen atoms in total. The van der Waals surface area contributed by atoms with Crippen molar-refractivity contribution in [2.45, 2.75) is 70.0 Å². The van der Waals surface area contributed by atoms with E-state index in [9.17, 15) is 9.59 Å². The zero-order valence-electron chi connectivity index (χ0n) is 20.3. The Hall–Kier alpha value is -2.27. The summed E-state index contributed by atoms with van der Waals surface area (Å²) in [4.78, 5) is 26.2. The Morgan fingerprint density at radius 1 is 1.03 bits per heavy atom. The molecule has 1 aliphatic carbocycles. The molecule has 2 aliphatic rings. The van der Waals surface area contributed by atoms with Crippen LogP contribution < -0.4 is 10.2 Å². The average molecular weight is 451 g/mol. The molecule has 1 heterocycles. The first-order valence-electron chi connectivity index (χ1n) is 11.4. The molecule has 1 N–H and O–H groups in total.